The van der Waals surface area contributed by atoms with Crippen LogP contribution in [0.1, 0.15) is 42.1 Å². The molecule has 0 saturated carbocycles. The lowest BCUT2D eigenvalue weighted by Gasteiger charge is -2.09. The van der Waals surface area contributed by atoms with Crippen LogP contribution in [0.25, 0.3) is 0 Å². The van der Waals surface area contributed by atoms with Crippen LogP contribution in [0, 0.1) is 5.92 Å². The highest BCUT2D eigenvalue weighted by Gasteiger charge is 2.16. The quantitative estimate of drug-likeness (QED) is 0.855. The molecular weight excluding hydrogens is 238 g/mol. The summed E-state index contributed by atoms with van der Waals surface area (Å²) in [7, 11) is 0. The molecule has 0 aliphatic carbocycles. The molecule has 3 nitrogen and oxygen atoms in total. The Bertz CT molecular complexity index is 394. The van der Waals surface area contributed by atoms with Gasteiger partial charge >= 0.3 is 0 Å². The summed E-state index contributed by atoms with van der Waals surface area (Å²) in [5.74, 6) is 0.502. The molecular formula is C16H23NO2. The second-order valence-electron chi connectivity index (χ2n) is 5.24. The largest absolute Gasteiger partial charge is 0.381 e. The zero-order valence-electron chi connectivity index (χ0n) is 11.7. The first-order chi connectivity index (χ1) is 9.29. The van der Waals surface area contributed by atoms with Gasteiger partial charge in [0.25, 0.3) is 5.91 Å². The number of aryl methyl sites for hydroxylation is 1. The number of nitrogens with one attached hydrogen (secondary N) is 1. The van der Waals surface area contributed by atoms with Crippen molar-refractivity contribution < 1.29 is 9.53 Å². The van der Waals surface area contributed by atoms with E-state index in [1.54, 1.807) is 0 Å². The van der Waals surface area contributed by atoms with E-state index in [0.29, 0.717) is 5.92 Å². The van der Waals surface area contributed by atoms with Crippen LogP contribution in [0.2, 0.25) is 0 Å². The molecule has 1 unspecified atom stereocenters. The van der Waals surface area contributed by atoms with E-state index in [2.05, 4.69) is 24.4 Å². The minimum atomic E-state index is 0.0222. The molecule has 0 bridgehead atoms. The van der Waals surface area contributed by atoms with Gasteiger partial charge in [0.2, 0.25) is 0 Å². The Morgan fingerprint density at radius 1 is 1.37 bits per heavy atom. The summed E-state index contributed by atoms with van der Waals surface area (Å²) in [6, 6.07) is 7.96. The number of rotatable bonds is 6. The van der Waals surface area contributed by atoms with E-state index < -0.39 is 0 Å². The van der Waals surface area contributed by atoms with Gasteiger partial charge in [0.1, 0.15) is 0 Å². The van der Waals surface area contributed by atoms with E-state index in [9.17, 15) is 4.79 Å². The molecule has 1 amide bonds. The van der Waals surface area contributed by atoms with Gasteiger partial charge in [-0.1, -0.05) is 25.5 Å². The van der Waals surface area contributed by atoms with Gasteiger partial charge in [-0.15, -0.1) is 0 Å². The van der Waals surface area contributed by atoms with Crippen molar-refractivity contribution >= 4 is 5.91 Å². The highest BCUT2D eigenvalue weighted by atomic mass is 16.5. The van der Waals surface area contributed by atoms with Gasteiger partial charge in [-0.05, 0) is 37.0 Å². The van der Waals surface area contributed by atoms with Crippen molar-refractivity contribution in [1.29, 1.82) is 0 Å². The van der Waals surface area contributed by atoms with Crippen molar-refractivity contribution in [3.8, 4) is 0 Å². The lowest BCUT2D eigenvalue weighted by Crippen LogP contribution is -2.29. The molecule has 1 saturated heterocycles. The van der Waals surface area contributed by atoms with Gasteiger partial charge in [0.15, 0.2) is 0 Å². The van der Waals surface area contributed by atoms with Gasteiger partial charge in [0, 0.05) is 24.6 Å². The highest BCUT2D eigenvalue weighted by Crippen LogP contribution is 2.11. The normalized spacial score (nSPS) is 18.5. The molecule has 0 aromatic heterocycles. The second-order valence-corrected chi connectivity index (χ2v) is 5.24. The maximum atomic E-state index is 12.0. The molecule has 1 N–H and O–H groups in total. The molecule has 1 aromatic carbocycles. The molecule has 1 fully saturated rings. The monoisotopic (exact) mass is 261 g/mol. The topological polar surface area (TPSA) is 38.3 Å². The van der Waals surface area contributed by atoms with Crippen molar-refractivity contribution in [1.82, 2.24) is 5.32 Å². The van der Waals surface area contributed by atoms with Crippen LogP contribution in [0.5, 0.6) is 0 Å². The van der Waals surface area contributed by atoms with Crippen molar-refractivity contribution in [2.75, 3.05) is 19.8 Å². The van der Waals surface area contributed by atoms with Crippen molar-refractivity contribution in [3.63, 3.8) is 0 Å². The van der Waals surface area contributed by atoms with Crippen LogP contribution in [-0.4, -0.2) is 25.7 Å². The first-order valence-corrected chi connectivity index (χ1v) is 7.24. The third kappa shape index (κ3) is 4.35. The predicted molar refractivity (Wildman–Crippen MR) is 76.3 cm³/mol. The first-order valence-electron chi connectivity index (χ1n) is 7.24. The van der Waals surface area contributed by atoms with Crippen LogP contribution >= 0.6 is 0 Å². The number of hydrogen-bond acceptors (Lipinski definition) is 2. The summed E-state index contributed by atoms with van der Waals surface area (Å²) in [6.45, 7) is 4.51. The fourth-order valence-corrected chi connectivity index (χ4v) is 2.29. The van der Waals surface area contributed by atoms with E-state index in [0.717, 1.165) is 38.2 Å². The number of carbonyl (C=O) groups excluding carboxylic acids is 1. The Morgan fingerprint density at radius 2 is 2.16 bits per heavy atom. The number of ether oxygens (including phenoxy) is 1. The van der Waals surface area contributed by atoms with E-state index >= 15 is 0 Å². The number of amides is 1. The molecule has 1 aliphatic heterocycles. The second kappa shape index (κ2) is 7.29. The molecule has 0 spiro atoms. The third-order valence-corrected chi connectivity index (χ3v) is 3.61. The van der Waals surface area contributed by atoms with E-state index in [1.165, 1.54) is 18.4 Å². The van der Waals surface area contributed by atoms with Crippen molar-refractivity contribution in [3.05, 3.63) is 35.4 Å². The zero-order chi connectivity index (χ0) is 13.5. The van der Waals surface area contributed by atoms with Gasteiger partial charge in [0.05, 0.1) is 6.61 Å². The van der Waals surface area contributed by atoms with Gasteiger partial charge in [-0.3, -0.25) is 4.79 Å². The molecule has 1 aliphatic rings. The summed E-state index contributed by atoms with van der Waals surface area (Å²) in [5.41, 5.74) is 2.06. The standard InChI is InChI=1S/C16H23NO2/c1-2-3-4-13-5-7-15(8-6-13)16(18)17-11-14-9-10-19-12-14/h5-8,14H,2-4,9-12H2,1H3,(H,17,18). The van der Waals surface area contributed by atoms with Gasteiger partial charge in [-0.2, -0.15) is 0 Å². The van der Waals surface area contributed by atoms with Gasteiger partial charge in [-0.25, -0.2) is 0 Å². The van der Waals surface area contributed by atoms with Crippen molar-refractivity contribution in [2.45, 2.75) is 32.6 Å². The SMILES string of the molecule is CCCCc1ccc(C(=O)NCC2CCOC2)cc1. The first kappa shape index (κ1) is 14.1. The van der Waals surface area contributed by atoms with Crippen LogP contribution in [0.4, 0.5) is 0 Å². The molecule has 1 aromatic rings. The summed E-state index contributed by atoms with van der Waals surface area (Å²) in [5, 5.41) is 2.98. The average molecular weight is 261 g/mol. The molecule has 19 heavy (non-hydrogen) atoms. The minimum absolute atomic E-state index is 0.0222. The average Bonchev–Trinajstić information content (AvgIpc) is 2.96. The van der Waals surface area contributed by atoms with Crippen LogP contribution < -0.4 is 5.32 Å². The number of carbonyl (C=O) groups is 1. The Balaban J connectivity index is 1.81. The number of unbranched alkanes of at least 4 members (excludes halogenated alkanes) is 1. The summed E-state index contributed by atoms with van der Waals surface area (Å²) in [6.07, 6.45) is 4.55. The van der Waals surface area contributed by atoms with Crippen LogP contribution in [-0.2, 0) is 11.2 Å². The molecule has 1 heterocycles. The predicted octanol–water partition coefficient (Wildman–Crippen LogP) is 2.80. The minimum Gasteiger partial charge on any atom is -0.381 e. The zero-order valence-corrected chi connectivity index (χ0v) is 11.7. The maximum absolute atomic E-state index is 12.0. The van der Waals surface area contributed by atoms with Crippen molar-refractivity contribution in [2.24, 2.45) is 5.92 Å². The molecule has 0 radical (unpaired) electrons. The number of hydrogen-bond donors (Lipinski definition) is 1. The van der Waals surface area contributed by atoms with Gasteiger partial charge < -0.3 is 10.1 Å². The fraction of sp³-hybridized carbons (Fsp3) is 0.562. The lowest BCUT2D eigenvalue weighted by molar-refractivity contribution is 0.0945. The molecule has 2 rings (SSSR count). The van der Waals surface area contributed by atoms with E-state index in [4.69, 9.17) is 4.74 Å². The smallest absolute Gasteiger partial charge is 0.251 e. The fourth-order valence-electron chi connectivity index (χ4n) is 2.29. The maximum Gasteiger partial charge on any atom is 0.251 e. The lowest BCUT2D eigenvalue weighted by atomic mass is 10.1. The summed E-state index contributed by atoms with van der Waals surface area (Å²) < 4.78 is 5.30. The van der Waals surface area contributed by atoms with E-state index in [1.807, 2.05) is 12.1 Å². The Labute approximate surface area is 115 Å². The Kier molecular flexibility index (Phi) is 5.40. The number of benzene rings is 1. The van der Waals surface area contributed by atoms with Crippen LogP contribution in [0.3, 0.4) is 0 Å². The van der Waals surface area contributed by atoms with E-state index in [-0.39, 0.29) is 5.91 Å². The third-order valence-electron chi connectivity index (χ3n) is 3.61. The summed E-state index contributed by atoms with van der Waals surface area (Å²) >= 11 is 0. The van der Waals surface area contributed by atoms with Crippen LogP contribution in [0.15, 0.2) is 24.3 Å². The molecule has 3 heteroatoms. The molecule has 1 atom stereocenters. The molecule has 104 valence electrons. The Hall–Kier alpha value is -1.35. The highest BCUT2D eigenvalue weighted by molar-refractivity contribution is 5.94. The summed E-state index contributed by atoms with van der Waals surface area (Å²) in [4.78, 5) is 12.0. The Morgan fingerprint density at radius 3 is 2.79 bits per heavy atom.